The molecule has 6 rings (SSSR count). The maximum Gasteiger partial charge on any atom is 0.407 e. The number of nitrogens with zero attached hydrogens (tertiary/aromatic N) is 2. The third-order valence-corrected chi connectivity index (χ3v) is 12.8. The molecule has 1 aliphatic heterocycles. The van der Waals surface area contributed by atoms with Crippen LogP contribution in [0, 0.1) is 11.8 Å². The van der Waals surface area contributed by atoms with E-state index in [-0.39, 0.29) is 42.5 Å². The molecule has 1 fully saturated rings. The van der Waals surface area contributed by atoms with Crippen molar-refractivity contribution in [3.05, 3.63) is 125 Å². The van der Waals surface area contributed by atoms with E-state index < -0.39 is 16.1 Å². The predicted molar refractivity (Wildman–Crippen MR) is 220 cm³/mol. The van der Waals surface area contributed by atoms with Crippen LogP contribution in [-0.2, 0) is 40.9 Å². The van der Waals surface area contributed by atoms with Gasteiger partial charge in [-0.15, -0.1) is 6.58 Å². The quantitative estimate of drug-likeness (QED) is 0.126. The zero-order valence-corrected chi connectivity index (χ0v) is 34.0. The summed E-state index contributed by atoms with van der Waals surface area (Å²) < 4.78 is 53.7. The molecule has 0 radical (unpaired) electrons. The number of amides is 1. The number of hydrogen-bond donors (Lipinski definition) is 1. The minimum atomic E-state index is -4.05. The summed E-state index contributed by atoms with van der Waals surface area (Å²) in [6.45, 7) is 8.03. The van der Waals surface area contributed by atoms with Gasteiger partial charge in [-0.2, -0.15) is 4.31 Å². The molecule has 0 unspecified atom stereocenters. The van der Waals surface area contributed by atoms with Crippen molar-refractivity contribution in [3.8, 4) is 17.2 Å². The van der Waals surface area contributed by atoms with Crippen LogP contribution in [0.2, 0.25) is 5.02 Å². The number of ether oxygens (including phenoxy) is 4. The normalized spacial score (nSPS) is 17.6. The lowest BCUT2D eigenvalue weighted by molar-refractivity contribution is 0.120. The number of anilines is 1. The number of benzene rings is 4. The first kappa shape index (κ1) is 40.9. The Kier molecular flexibility index (Phi) is 13.9. The molecule has 4 aromatic carbocycles. The summed E-state index contributed by atoms with van der Waals surface area (Å²) in [5.41, 5.74) is 4.57. The van der Waals surface area contributed by atoms with Crippen molar-refractivity contribution >= 4 is 33.4 Å². The molecule has 1 aliphatic carbocycles. The van der Waals surface area contributed by atoms with Gasteiger partial charge in [-0.3, -0.25) is 0 Å². The first-order chi connectivity index (χ1) is 27.1. The highest BCUT2D eigenvalue weighted by atomic mass is 35.5. The van der Waals surface area contributed by atoms with Gasteiger partial charge in [-0.25, -0.2) is 13.2 Å². The number of methoxy groups -OCH3 is 2. The average molecular weight is 802 g/mol. The summed E-state index contributed by atoms with van der Waals surface area (Å²) in [5.74, 6) is 2.36. The second-order valence-electron chi connectivity index (χ2n) is 14.3. The third kappa shape index (κ3) is 9.99. The molecule has 3 atom stereocenters. The third-order valence-electron chi connectivity index (χ3n) is 10.8. The topological polar surface area (TPSA) is 107 Å². The van der Waals surface area contributed by atoms with E-state index in [4.69, 9.17) is 30.5 Å². The van der Waals surface area contributed by atoms with Crippen LogP contribution in [0.4, 0.5) is 10.5 Å². The van der Waals surface area contributed by atoms with Gasteiger partial charge in [0, 0.05) is 31.2 Å². The summed E-state index contributed by atoms with van der Waals surface area (Å²) in [4.78, 5) is 14.9. The minimum Gasteiger partial charge on any atom is -0.497 e. The van der Waals surface area contributed by atoms with Crippen molar-refractivity contribution < 1.29 is 32.2 Å². The van der Waals surface area contributed by atoms with Crippen molar-refractivity contribution in [1.82, 2.24) is 9.62 Å². The molecule has 1 N–H and O–H groups in total. The lowest BCUT2D eigenvalue weighted by atomic mass is 9.69. The van der Waals surface area contributed by atoms with E-state index in [0.29, 0.717) is 42.0 Å². The number of sulfonamides is 1. The zero-order chi connectivity index (χ0) is 39.7. The van der Waals surface area contributed by atoms with Gasteiger partial charge in [0.25, 0.3) is 0 Å². The van der Waals surface area contributed by atoms with E-state index >= 15 is 0 Å². The van der Waals surface area contributed by atoms with Crippen molar-refractivity contribution in [2.75, 3.05) is 38.8 Å². The van der Waals surface area contributed by atoms with Crippen LogP contribution in [0.1, 0.15) is 54.9 Å². The van der Waals surface area contributed by atoms with Crippen LogP contribution in [0.25, 0.3) is 0 Å². The molecular weight excluding hydrogens is 750 g/mol. The number of carbonyl (C=O) groups is 1. The van der Waals surface area contributed by atoms with E-state index in [9.17, 15) is 13.2 Å². The minimum absolute atomic E-state index is 0.148. The second-order valence-corrected chi connectivity index (χ2v) is 16.7. The number of halogens is 1. The maximum absolute atomic E-state index is 14.9. The van der Waals surface area contributed by atoms with Crippen LogP contribution in [0.5, 0.6) is 17.2 Å². The molecular formula is C44H52ClN3O7S. The van der Waals surface area contributed by atoms with Gasteiger partial charge in [0.05, 0.1) is 37.5 Å². The summed E-state index contributed by atoms with van der Waals surface area (Å²) in [6.07, 6.45) is 5.86. The number of carbonyl (C=O) groups excluding carboxylic acids is 1. The first-order valence-electron chi connectivity index (χ1n) is 19.2. The molecule has 0 saturated heterocycles. The predicted octanol–water partition coefficient (Wildman–Crippen LogP) is 8.80. The Balaban J connectivity index is 1.37. The molecule has 1 amide bonds. The van der Waals surface area contributed by atoms with Crippen LogP contribution in [0.3, 0.4) is 0 Å². The van der Waals surface area contributed by atoms with Gasteiger partial charge in [0.1, 0.15) is 23.9 Å². The molecule has 1 saturated carbocycles. The first-order valence-corrected chi connectivity index (χ1v) is 21.0. The fourth-order valence-corrected chi connectivity index (χ4v) is 9.18. The van der Waals surface area contributed by atoms with Gasteiger partial charge in [-0.1, -0.05) is 48.0 Å². The maximum atomic E-state index is 14.9. The monoisotopic (exact) mass is 801 g/mol. The molecule has 0 spiro atoms. The van der Waals surface area contributed by atoms with Crippen molar-refractivity contribution in [1.29, 1.82) is 0 Å². The number of alkyl carbamates (subject to hydrolysis) is 1. The van der Waals surface area contributed by atoms with Gasteiger partial charge in [0.15, 0.2) is 0 Å². The van der Waals surface area contributed by atoms with Gasteiger partial charge in [0.2, 0.25) is 10.0 Å². The Morgan fingerprint density at radius 2 is 1.62 bits per heavy atom. The van der Waals surface area contributed by atoms with Crippen molar-refractivity contribution in [3.63, 3.8) is 0 Å². The SMILES string of the molecule is C=C[C@@H](NC(=O)OCC)[C@@H]1CC[C@H]1CN1CCCCc2cc(Cl)ccc2COc2ccc(S(=O)(=O)N(Cc3ccc(OC)cc3)Cc3ccc(OC)cc3)cc21. The lowest BCUT2D eigenvalue weighted by Crippen LogP contribution is -2.49. The Bertz CT molecular complexity index is 2010. The average Bonchev–Trinajstić information content (AvgIpc) is 3.22. The van der Waals surface area contributed by atoms with Gasteiger partial charge in [-0.05, 0) is 128 Å². The highest BCUT2D eigenvalue weighted by Gasteiger charge is 2.38. The highest BCUT2D eigenvalue weighted by molar-refractivity contribution is 7.89. The molecule has 1 heterocycles. The number of rotatable bonds is 14. The Morgan fingerprint density at radius 1 is 0.946 bits per heavy atom. The number of hydrogen-bond acceptors (Lipinski definition) is 8. The number of fused-ring (bicyclic) bond motifs is 2. The second kappa shape index (κ2) is 19.0. The highest BCUT2D eigenvalue weighted by Crippen LogP contribution is 2.41. The van der Waals surface area contributed by atoms with E-state index in [1.54, 1.807) is 45.4 Å². The Labute approximate surface area is 336 Å². The summed E-state index contributed by atoms with van der Waals surface area (Å²) >= 11 is 6.41. The van der Waals surface area contributed by atoms with Crippen LogP contribution >= 0.6 is 11.6 Å². The Morgan fingerprint density at radius 3 is 2.21 bits per heavy atom. The van der Waals surface area contributed by atoms with Crippen LogP contribution in [0.15, 0.2) is 102 Å². The fourth-order valence-electron chi connectivity index (χ4n) is 7.55. The standard InChI is InChI=1S/C44H52ClN3O7S/c1-5-41(46-44(49)54-6-2)40-22-15-34(40)29-47-24-8-7-9-33-25-36(45)16-14-35(33)30-55-43-23-21-39(26-42(43)47)56(50,51)48(27-31-10-17-37(52-3)18-11-31)28-32-12-19-38(53-4)20-13-32/h5,10-14,16-21,23,25-26,34,40-41H,1,6-9,15,22,24,27-30H2,2-4H3,(H,46,49)/t34-,40+,41+/m0/s1. The van der Waals surface area contributed by atoms with Crippen LogP contribution in [-0.4, -0.2) is 58.8 Å². The van der Waals surface area contributed by atoms with Gasteiger partial charge >= 0.3 is 6.09 Å². The summed E-state index contributed by atoms with van der Waals surface area (Å²) in [7, 11) is -0.845. The van der Waals surface area contributed by atoms with Crippen LogP contribution < -0.4 is 24.4 Å². The summed E-state index contributed by atoms with van der Waals surface area (Å²) in [6, 6.07) is 25.7. The van der Waals surface area contributed by atoms with E-state index in [2.05, 4.69) is 16.8 Å². The zero-order valence-electron chi connectivity index (χ0n) is 32.4. The largest absolute Gasteiger partial charge is 0.497 e. The molecule has 0 aromatic heterocycles. The van der Waals surface area contributed by atoms with Gasteiger partial charge < -0.3 is 29.2 Å². The number of aryl methyl sites for hydroxylation is 1. The molecule has 12 heteroatoms. The van der Waals surface area contributed by atoms with E-state index in [0.717, 1.165) is 60.0 Å². The lowest BCUT2D eigenvalue weighted by Gasteiger charge is -2.44. The molecule has 4 aromatic rings. The van der Waals surface area contributed by atoms with Crippen molar-refractivity contribution in [2.45, 2.75) is 69.7 Å². The summed E-state index contributed by atoms with van der Waals surface area (Å²) in [5, 5.41) is 3.67. The molecule has 0 bridgehead atoms. The molecule has 298 valence electrons. The smallest absolute Gasteiger partial charge is 0.407 e. The Hall–Kier alpha value is -4.71. The fraction of sp³-hybridized carbons (Fsp3) is 0.386. The molecule has 56 heavy (non-hydrogen) atoms. The molecule has 10 nitrogen and oxygen atoms in total. The number of nitrogens with one attached hydrogen (secondary N) is 1. The van der Waals surface area contributed by atoms with E-state index in [1.165, 1.54) is 4.31 Å². The van der Waals surface area contributed by atoms with E-state index in [1.807, 2.05) is 66.7 Å². The van der Waals surface area contributed by atoms with Crippen molar-refractivity contribution in [2.24, 2.45) is 11.8 Å². The molecule has 2 aliphatic rings.